The summed E-state index contributed by atoms with van der Waals surface area (Å²) in [5.41, 5.74) is 7.26. The highest BCUT2D eigenvalue weighted by molar-refractivity contribution is 7.89. The molecular formula is C14H24N2O2S. The molecule has 2 N–H and O–H groups in total. The Labute approximate surface area is 116 Å². The van der Waals surface area contributed by atoms with Crippen molar-refractivity contribution in [2.24, 2.45) is 11.7 Å². The highest BCUT2D eigenvalue weighted by Gasteiger charge is 2.23. The molecule has 0 aliphatic rings. The van der Waals surface area contributed by atoms with Crippen molar-refractivity contribution in [3.8, 4) is 0 Å². The van der Waals surface area contributed by atoms with Gasteiger partial charge in [-0.05, 0) is 30.0 Å². The molecule has 0 spiro atoms. The quantitative estimate of drug-likeness (QED) is 0.870. The van der Waals surface area contributed by atoms with E-state index in [1.165, 1.54) is 4.31 Å². The van der Waals surface area contributed by atoms with Crippen molar-refractivity contribution in [2.75, 3.05) is 13.6 Å². The summed E-state index contributed by atoms with van der Waals surface area (Å²) in [6.07, 6.45) is 0.963. The van der Waals surface area contributed by atoms with Gasteiger partial charge < -0.3 is 5.73 Å². The monoisotopic (exact) mass is 284 g/mol. The lowest BCUT2D eigenvalue weighted by atomic mass is 10.1. The first-order valence-corrected chi connectivity index (χ1v) is 8.02. The fraction of sp³-hybridized carbons (Fsp3) is 0.571. The number of benzene rings is 1. The minimum Gasteiger partial charge on any atom is -0.326 e. The van der Waals surface area contributed by atoms with E-state index in [2.05, 4.69) is 13.8 Å². The normalized spacial score (nSPS) is 13.8. The van der Waals surface area contributed by atoms with Crippen molar-refractivity contribution >= 4 is 10.0 Å². The molecule has 4 nitrogen and oxygen atoms in total. The third-order valence-electron chi connectivity index (χ3n) is 3.43. The third kappa shape index (κ3) is 3.78. The molecule has 0 radical (unpaired) electrons. The maximum atomic E-state index is 12.5. The molecule has 19 heavy (non-hydrogen) atoms. The lowest BCUT2D eigenvalue weighted by Gasteiger charge is -2.21. The fourth-order valence-corrected chi connectivity index (χ4v) is 3.45. The van der Waals surface area contributed by atoms with Crippen molar-refractivity contribution < 1.29 is 8.42 Å². The zero-order valence-electron chi connectivity index (χ0n) is 12.2. The SMILES string of the molecule is CCC(C)CN(C)S(=O)(=O)c1ccc(CN)cc1C. The average Bonchev–Trinajstić information content (AvgIpc) is 2.37. The van der Waals surface area contributed by atoms with Crippen LogP contribution in [-0.4, -0.2) is 26.3 Å². The van der Waals surface area contributed by atoms with Crippen LogP contribution in [0.2, 0.25) is 0 Å². The van der Waals surface area contributed by atoms with E-state index in [-0.39, 0.29) is 0 Å². The topological polar surface area (TPSA) is 63.4 Å². The second-order valence-corrected chi connectivity index (χ2v) is 7.12. The van der Waals surface area contributed by atoms with Crippen LogP contribution in [0, 0.1) is 12.8 Å². The van der Waals surface area contributed by atoms with E-state index in [9.17, 15) is 8.42 Å². The van der Waals surface area contributed by atoms with E-state index in [0.717, 1.165) is 17.5 Å². The van der Waals surface area contributed by atoms with Crippen molar-refractivity contribution in [3.63, 3.8) is 0 Å². The van der Waals surface area contributed by atoms with E-state index in [1.54, 1.807) is 19.2 Å². The summed E-state index contributed by atoms with van der Waals surface area (Å²) in [6, 6.07) is 5.26. The zero-order chi connectivity index (χ0) is 14.6. The Hall–Kier alpha value is -0.910. The first-order valence-electron chi connectivity index (χ1n) is 6.58. The molecule has 1 aromatic rings. The first kappa shape index (κ1) is 16.1. The predicted octanol–water partition coefficient (Wildman–Crippen LogP) is 2.12. The molecule has 1 unspecified atom stereocenters. The van der Waals surface area contributed by atoms with E-state index in [4.69, 9.17) is 5.73 Å². The molecule has 0 amide bonds. The van der Waals surface area contributed by atoms with Crippen LogP contribution in [0.1, 0.15) is 31.4 Å². The van der Waals surface area contributed by atoms with Gasteiger partial charge in [-0.3, -0.25) is 0 Å². The minimum absolute atomic E-state index is 0.350. The van der Waals surface area contributed by atoms with Crippen LogP contribution in [-0.2, 0) is 16.6 Å². The summed E-state index contributed by atoms with van der Waals surface area (Å²) < 4.78 is 26.4. The molecule has 0 aromatic heterocycles. The second-order valence-electron chi connectivity index (χ2n) is 5.10. The lowest BCUT2D eigenvalue weighted by Crippen LogP contribution is -2.31. The molecule has 0 aliphatic heterocycles. The number of rotatable bonds is 6. The molecule has 1 atom stereocenters. The van der Waals surface area contributed by atoms with Gasteiger partial charge in [-0.2, -0.15) is 0 Å². The summed E-state index contributed by atoms with van der Waals surface area (Å²) in [4.78, 5) is 0.371. The van der Waals surface area contributed by atoms with E-state index < -0.39 is 10.0 Å². The van der Waals surface area contributed by atoms with Gasteiger partial charge >= 0.3 is 0 Å². The van der Waals surface area contributed by atoms with Crippen LogP contribution >= 0.6 is 0 Å². The maximum absolute atomic E-state index is 12.5. The second kappa shape index (κ2) is 6.50. The van der Waals surface area contributed by atoms with Crippen molar-refractivity contribution in [2.45, 2.75) is 38.6 Å². The highest BCUT2D eigenvalue weighted by Crippen LogP contribution is 2.21. The number of nitrogens with two attached hydrogens (primary N) is 1. The van der Waals surface area contributed by atoms with Crippen LogP contribution in [0.15, 0.2) is 23.1 Å². The van der Waals surface area contributed by atoms with E-state index in [1.807, 2.05) is 13.0 Å². The Morgan fingerprint density at radius 3 is 2.47 bits per heavy atom. The molecule has 0 bridgehead atoms. The molecule has 0 saturated heterocycles. The molecule has 1 aromatic carbocycles. The standard InChI is InChI=1S/C14H24N2O2S/c1-5-11(2)10-16(4)19(17,18)14-7-6-13(9-15)8-12(14)3/h6-8,11H,5,9-10,15H2,1-4H3. The van der Waals surface area contributed by atoms with Gasteiger partial charge in [-0.15, -0.1) is 0 Å². The van der Waals surface area contributed by atoms with Crippen LogP contribution in [0.25, 0.3) is 0 Å². The van der Waals surface area contributed by atoms with E-state index >= 15 is 0 Å². The number of hydrogen-bond acceptors (Lipinski definition) is 3. The van der Waals surface area contributed by atoms with E-state index in [0.29, 0.717) is 23.9 Å². The maximum Gasteiger partial charge on any atom is 0.243 e. The molecular weight excluding hydrogens is 260 g/mol. The van der Waals surface area contributed by atoms with Gasteiger partial charge in [0, 0.05) is 20.1 Å². The summed E-state index contributed by atoms with van der Waals surface area (Å²) in [7, 11) is -1.77. The van der Waals surface area contributed by atoms with Crippen LogP contribution in [0.5, 0.6) is 0 Å². The third-order valence-corrected chi connectivity index (χ3v) is 5.41. The van der Waals surface area contributed by atoms with Crippen molar-refractivity contribution in [1.82, 2.24) is 4.31 Å². The zero-order valence-corrected chi connectivity index (χ0v) is 13.0. The van der Waals surface area contributed by atoms with Gasteiger partial charge in [0.25, 0.3) is 0 Å². The Bertz CT molecular complexity index is 526. The van der Waals surface area contributed by atoms with Crippen molar-refractivity contribution in [1.29, 1.82) is 0 Å². The molecule has 5 heteroatoms. The predicted molar refractivity (Wildman–Crippen MR) is 78.3 cm³/mol. The molecule has 0 saturated carbocycles. The number of sulfonamides is 1. The smallest absolute Gasteiger partial charge is 0.243 e. The van der Waals surface area contributed by atoms with Crippen LogP contribution in [0.4, 0.5) is 0 Å². The number of nitrogens with zero attached hydrogens (tertiary/aromatic N) is 1. The van der Waals surface area contributed by atoms with Gasteiger partial charge in [0.1, 0.15) is 0 Å². The number of aryl methyl sites for hydroxylation is 1. The highest BCUT2D eigenvalue weighted by atomic mass is 32.2. The summed E-state index contributed by atoms with van der Waals surface area (Å²) in [5, 5.41) is 0. The van der Waals surface area contributed by atoms with Gasteiger partial charge in [0.15, 0.2) is 0 Å². The Kier molecular flexibility index (Phi) is 5.52. The van der Waals surface area contributed by atoms with Gasteiger partial charge in [0.2, 0.25) is 10.0 Å². The molecule has 0 heterocycles. The average molecular weight is 284 g/mol. The number of hydrogen-bond donors (Lipinski definition) is 1. The van der Waals surface area contributed by atoms with Gasteiger partial charge in [-0.1, -0.05) is 32.4 Å². The molecule has 0 aliphatic carbocycles. The minimum atomic E-state index is -3.41. The first-order chi connectivity index (χ1) is 8.82. The fourth-order valence-electron chi connectivity index (χ4n) is 1.96. The Morgan fingerprint density at radius 2 is 2.00 bits per heavy atom. The van der Waals surface area contributed by atoms with Crippen LogP contribution in [0.3, 0.4) is 0 Å². The Balaban J connectivity index is 3.06. The van der Waals surface area contributed by atoms with Gasteiger partial charge in [-0.25, -0.2) is 12.7 Å². The summed E-state index contributed by atoms with van der Waals surface area (Å²) in [5.74, 6) is 0.350. The summed E-state index contributed by atoms with van der Waals surface area (Å²) in [6.45, 7) is 6.88. The Morgan fingerprint density at radius 1 is 1.37 bits per heavy atom. The van der Waals surface area contributed by atoms with Gasteiger partial charge in [0.05, 0.1) is 4.90 Å². The van der Waals surface area contributed by atoms with Crippen LogP contribution < -0.4 is 5.73 Å². The largest absolute Gasteiger partial charge is 0.326 e. The van der Waals surface area contributed by atoms with Crippen molar-refractivity contribution in [3.05, 3.63) is 29.3 Å². The molecule has 108 valence electrons. The lowest BCUT2D eigenvalue weighted by molar-refractivity contribution is 0.393. The molecule has 0 fully saturated rings. The molecule has 1 rings (SSSR count). The summed E-state index contributed by atoms with van der Waals surface area (Å²) >= 11 is 0.